The van der Waals surface area contributed by atoms with E-state index < -0.39 is 0 Å². The zero-order valence-corrected chi connectivity index (χ0v) is 9.10. The molecule has 60 valence electrons. The van der Waals surface area contributed by atoms with Crippen LogP contribution >= 0.6 is 0 Å². The Bertz CT molecular complexity index is 89.3. The van der Waals surface area contributed by atoms with Crippen molar-refractivity contribution in [1.82, 2.24) is 0 Å². The molecule has 0 spiro atoms. The Balaban J connectivity index is 2.11. The molecule has 1 atom stereocenters. The largest absolute Gasteiger partial charge is 0.425 e. The second kappa shape index (κ2) is 4.14. The molecule has 1 nitrogen and oxygen atoms in total. The van der Waals surface area contributed by atoms with E-state index in [1.807, 2.05) is 0 Å². The number of rotatable bonds is 3. The van der Waals surface area contributed by atoms with Crippen LogP contribution in [0.25, 0.3) is 0 Å². The average molecular weight is 158 g/mol. The molecule has 0 aromatic heterocycles. The maximum absolute atomic E-state index is 5.35. The van der Waals surface area contributed by atoms with E-state index in [4.69, 9.17) is 4.43 Å². The minimum absolute atomic E-state index is 0.537. The fraction of sp³-hybridized carbons (Fsp3) is 1.00. The topological polar surface area (TPSA) is 9.23 Å². The first-order valence-electron chi connectivity index (χ1n) is 4.35. The van der Waals surface area contributed by atoms with Crippen molar-refractivity contribution in [2.75, 3.05) is 0 Å². The van der Waals surface area contributed by atoms with Gasteiger partial charge in [-0.2, -0.15) is 0 Å². The van der Waals surface area contributed by atoms with Gasteiger partial charge in [-0.15, -0.1) is 0 Å². The molecule has 1 saturated carbocycles. The lowest BCUT2D eigenvalue weighted by atomic mass is 10.0. The van der Waals surface area contributed by atoms with Crippen LogP contribution in [0, 0.1) is 5.92 Å². The molecule has 1 aliphatic rings. The zero-order chi connectivity index (χ0) is 7.40. The smallest absolute Gasteiger partial charge is 0.146 e. The molecule has 1 rings (SSSR count). The molecule has 0 saturated heterocycles. The second-order valence-corrected chi connectivity index (χ2v) is 3.90. The highest BCUT2D eigenvalue weighted by Crippen LogP contribution is 2.28. The first kappa shape index (κ1) is 8.28. The van der Waals surface area contributed by atoms with Gasteiger partial charge in [-0.25, -0.2) is 0 Å². The zero-order valence-electron chi connectivity index (χ0n) is 7.10. The van der Waals surface area contributed by atoms with Gasteiger partial charge in [0.1, 0.15) is 10.5 Å². The lowest BCUT2D eigenvalue weighted by Crippen LogP contribution is -2.10. The predicted molar refractivity (Wildman–Crippen MR) is 47.1 cm³/mol. The molecule has 0 bridgehead atoms. The summed E-state index contributed by atoms with van der Waals surface area (Å²) in [6.07, 6.45) is 7.67. The van der Waals surface area contributed by atoms with Crippen molar-refractivity contribution in [3.63, 3.8) is 0 Å². The maximum atomic E-state index is 5.35. The van der Waals surface area contributed by atoms with E-state index in [-0.39, 0.29) is 0 Å². The fourth-order valence-corrected chi connectivity index (χ4v) is 2.00. The summed E-state index contributed by atoms with van der Waals surface area (Å²) >= 11 is 0. The van der Waals surface area contributed by atoms with Gasteiger partial charge in [-0.3, -0.25) is 0 Å². The van der Waals surface area contributed by atoms with Crippen molar-refractivity contribution in [1.29, 1.82) is 0 Å². The summed E-state index contributed by atoms with van der Waals surface area (Å²) in [6.45, 7) is 2.20. The fourth-order valence-electron chi connectivity index (χ4n) is 1.81. The molecule has 0 aromatic carbocycles. The van der Waals surface area contributed by atoms with Gasteiger partial charge >= 0.3 is 0 Å². The number of hydrogen-bond acceptors (Lipinski definition) is 1. The molecule has 1 unspecified atom stereocenters. The van der Waals surface area contributed by atoms with Crippen LogP contribution in [-0.2, 0) is 4.43 Å². The van der Waals surface area contributed by atoms with Crippen LogP contribution in [0.5, 0.6) is 0 Å². The van der Waals surface area contributed by atoms with Crippen molar-refractivity contribution in [2.24, 2.45) is 5.92 Å². The summed E-state index contributed by atoms with van der Waals surface area (Å²) in [5.74, 6) is 0.990. The molecule has 2 heteroatoms. The minimum Gasteiger partial charge on any atom is -0.425 e. The van der Waals surface area contributed by atoms with Crippen LogP contribution in [-0.4, -0.2) is 16.6 Å². The van der Waals surface area contributed by atoms with E-state index in [9.17, 15) is 0 Å². The maximum Gasteiger partial charge on any atom is 0.146 e. The summed E-state index contributed by atoms with van der Waals surface area (Å²) < 4.78 is 5.35. The van der Waals surface area contributed by atoms with Crippen molar-refractivity contribution in [2.45, 2.75) is 45.1 Å². The summed E-state index contributed by atoms with van der Waals surface area (Å²) in [5, 5.41) is 0. The van der Waals surface area contributed by atoms with Crippen LogP contribution in [0.2, 0.25) is 0 Å². The van der Waals surface area contributed by atoms with E-state index in [0.29, 0.717) is 6.10 Å². The lowest BCUT2D eigenvalue weighted by molar-refractivity contribution is 0.203. The van der Waals surface area contributed by atoms with Gasteiger partial charge in [0.15, 0.2) is 0 Å². The van der Waals surface area contributed by atoms with Crippen molar-refractivity contribution in [3.05, 3.63) is 0 Å². The van der Waals surface area contributed by atoms with E-state index in [1.54, 1.807) is 0 Å². The van der Waals surface area contributed by atoms with Gasteiger partial charge < -0.3 is 4.43 Å². The van der Waals surface area contributed by atoms with Crippen LogP contribution < -0.4 is 0 Å². The molecule has 0 heterocycles. The van der Waals surface area contributed by atoms with Gasteiger partial charge in [-0.1, -0.05) is 25.7 Å². The van der Waals surface area contributed by atoms with Crippen LogP contribution in [0.4, 0.5) is 0 Å². The molecule has 0 aromatic rings. The van der Waals surface area contributed by atoms with Crippen molar-refractivity contribution < 1.29 is 4.43 Å². The Morgan fingerprint density at radius 2 is 2.10 bits per heavy atom. The monoisotopic (exact) mass is 158 g/mol. The summed E-state index contributed by atoms with van der Waals surface area (Å²) in [5.41, 5.74) is 0. The van der Waals surface area contributed by atoms with Crippen LogP contribution in [0.3, 0.4) is 0 Å². The quantitative estimate of drug-likeness (QED) is 0.562. The Hall–Kier alpha value is 0.177. The molecule has 0 aliphatic heterocycles. The Morgan fingerprint density at radius 1 is 1.50 bits per heavy atom. The normalized spacial score (nSPS) is 23.7. The molecule has 1 aliphatic carbocycles. The molecule has 0 N–H and O–H groups in total. The third-order valence-electron chi connectivity index (χ3n) is 2.54. The highest BCUT2D eigenvalue weighted by atomic mass is 28.2. The summed E-state index contributed by atoms with van der Waals surface area (Å²) in [7, 11) is 0.904. The summed E-state index contributed by atoms with van der Waals surface area (Å²) in [6, 6.07) is 0. The Morgan fingerprint density at radius 3 is 2.60 bits per heavy atom. The van der Waals surface area contributed by atoms with E-state index >= 15 is 0 Å². The Labute approximate surface area is 66.7 Å². The van der Waals surface area contributed by atoms with Gasteiger partial charge in [-0.05, 0) is 19.3 Å². The molecule has 0 amide bonds. The molecular formula is C8H18OSi. The first-order valence-corrected chi connectivity index (χ1v) is 5.17. The van der Waals surface area contributed by atoms with Crippen molar-refractivity contribution >= 4 is 10.5 Å². The van der Waals surface area contributed by atoms with Crippen molar-refractivity contribution in [3.8, 4) is 0 Å². The predicted octanol–water partition coefficient (Wildman–Crippen LogP) is 1.25. The average Bonchev–Trinajstić information content (AvgIpc) is 2.40. The molecule has 0 radical (unpaired) electrons. The van der Waals surface area contributed by atoms with Crippen LogP contribution in [0.15, 0.2) is 0 Å². The first-order chi connectivity index (χ1) is 4.83. The number of hydrogen-bond donors (Lipinski definition) is 0. The Kier molecular flexibility index (Phi) is 3.42. The third kappa shape index (κ3) is 2.43. The molecule has 1 fully saturated rings. The minimum atomic E-state index is 0.537. The standard InChI is InChI=1S/C8H18OSi/c1-7(9-10)6-8-4-2-3-5-8/h7-8H,2-6H2,1,10H3. The highest BCUT2D eigenvalue weighted by Gasteiger charge is 2.16. The second-order valence-electron chi connectivity index (χ2n) is 3.43. The molecule has 10 heavy (non-hydrogen) atoms. The molecular weight excluding hydrogens is 140 g/mol. The highest BCUT2D eigenvalue weighted by molar-refractivity contribution is 5.98. The van der Waals surface area contributed by atoms with E-state index in [2.05, 4.69) is 6.92 Å². The van der Waals surface area contributed by atoms with Gasteiger partial charge in [0.05, 0.1) is 0 Å². The van der Waals surface area contributed by atoms with Gasteiger partial charge in [0.25, 0.3) is 0 Å². The van der Waals surface area contributed by atoms with E-state index in [0.717, 1.165) is 16.4 Å². The van der Waals surface area contributed by atoms with Crippen LogP contribution in [0.1, 0.15) is 39.0 Å². The SMILES string of the molecule is CC(CC1CCCC1)O[SiH3]. The lowest BCUT2D eigenvalue weighted by Gasteiger charge is -2.14. The van der Waals surface area contributed by atoms with E-state index in [1.165, 1.54) is 32.1 Å². The third-order valence-corrected chi connectivity index (χ3v) is 3.35. The van der Waals surface area contributed by atoms with Gasteiger partial charge in [0.2, 0.25) is 0 Å². The van der Waals surface area contributed by atoms with Gasteiger partial charge in [0, 0.05) is 6.10 Å². The summed E-state index contributed by atoms with van der Waals surface area (Å²) in [4.78, 5) is 0.